The van der Waals surface area contributed by atoms with Gasteiger partial charge in [0.2, 0.25) is 12.2 Å². The number of carbonyl (C=O) groups excluding carboxylic acids is 2. The highest BCUT2D eigenvalue weighted by molar-refractivity contribution is 5.35. The molecule has 4 heteroatoms. The van der Waals surface area contributed by atoms with Crippen molar-refractivity contribution >= 4 is 12.2 Å². The lowest BCUT2D eigenvalue weighted by Gasteiger charge is -2.50. The third kappa shape index (κ3) is 17.0. The molecule has 0 saturated heterocycles. The van der Waals surface area contributed by atoms with E-state index in [9.17, 15) is 9.59 Å². The maximum Gasteiger partial charge on any atom is 0.235 e. The van der Waals surface area contributed by atoms with Crippen molar-refractivity contribution in [2.75, 3.05) is 6.54 Å². The molecular weight excluding hydrogens is 576 g/mol. The Bertz CT molecular complexity index is 915. The average Bonchev–Trinajstić information content (AvgIpc) is 3.08. The Hall–Kier alpha value is -1.76. The molecular formula is C43H74N2O2. The van der Waals surface area contributed by atoms with Crippen LogP contribution in [0.25, 0.3) is 0 Å². The number of nitrogens with zero attached hydrogens (tertiary/aromatic N) is 2. The van der Waals surface area contributed by atoms with Gasteiger partial charge < -0.3 is 0 Å². The smallest absolute Gasteiger partial charge is 0.211 e. The minimum atomic E-state index is -0.0498. The lowest BCUT2D eigenvalue weighted by molar-refractivity contribution is 0.0849. The molecule has 0 amide bonds. The van der Waals surface area contributed by atoms with Gasteiger partial charge in [-0.1, -0.05) is 179 Å². The van der Waals surface area contributed by atoms with Crippen molar-refractivity contribution in [3.8, 4) is 0 Å². The summed E-state index contributed by atoms with van der Waals surface area (Å²) in [5.74, 6) is 1.74. The second-order valence-corrected chi connectivity index (χ2v) is 15.1. The Morgan fingerprint density at radius 3 is 1.98 bits per heavy atom. The van der Waals surface area contributed by atoms with Crippen molar-refractivity contribution in [2.24, 2.45) is 33.2 Å². The van der Waals surface area contributed by atoms with Gasteiger partial charge in [0, 0.05) is 5.41 Å². The highest BCUT2D eigenvalue weighted by Gasteiger charge is 2.48. The van der Waals surface area contributed by atoms with Gasteiger partial charge in [-0.3, -0.25) is 0 Å². The van der Waals surface area contributed by atoms with E-state index in [2.05, 4.69) is 54.2 Å². The van der Waals surface area contributed by atoms with Crippen LogP contribution in [0.3, 0.4) is 0 Å². The van der Waals surface area contributed by atoms with Gasteiger partial charge in [0.25, 0.3) is 0 Å². The topological polar surface area (TPSA) is 58.9 Å². The summed E-state index contributed by atoms with van der Waals surface area (Å²) < 4.78 is 0. The maximum absolute atomic E-state index is 11.9. The Balaban J connectivity index is 2.18. The Morgan fingerprint density at radius 2 is 1.28 bits per heavy atom. The van der Waals surface area contributed by atoms with E-state index in [1.165, 1.54) is 154 Å². The van der Waals surface area contributed by atoms with Gasteiger partial charge in [0.15, 0.2) is 0 Å². The van der Waals surface area contributed by atoms with Crippen LogP contribution >= 0.6 is 0 Å². The van der Waals surface area contributed by atoms with E-state index in [4.69, 9.17) is 0 Å². The van der Waals surface area contributed by atoms with Crippen LogP contribution < -0.4 is 0 Å². The van der Waals surface area contributed by atoms with Crippen LogP contribution in [0.1, 0.15) is 200 Å². The number of hydrogen-bond acceptors (Lipinski definition) is 4. The first-order valence-corrected chi connectivity index (χ1v) is 20.7. The van der Waals surface area contributed by atoms with E-state index < -0.39 is 0 Å². The fourth-order valence-corrected chi connectivity index (χ4v) is 8.76. The molecule has 5 atom stereocenters. The van der Waals surface area contributed by atoms with Crippen molar-refractivity contribution in [2.45, 2.75) is 206 Å². The molecule has 0 bridgehead atoms. The molecule has 2 aliphatic rings. The SMILES string of the molecule is CCCCCCCCCCC1C=CC2(CCCCCCCCC2N=C=O)C(/C=C\CCCCCCCCCN=C=O)C1CCCCC. The van der Waals surface area contributed by atoms with Gasteiger partial charge in [0.1, 0.15) is 0 Å². The molecule has 4 nitrogen and oxygen atoms in total. The van der Waals surface area contributed by atoms with Crippen molar-refractivity contribution in [1.29, 1.82) is 0 Å². The van der Waals surface area contributed by atoms with Gasteiger partial charge in [-0.05, 0) is 62.7 Å². The number of aliphatic imine (C=N–C) groups is 2. The molecule has 0 aromatic carbocycles. The lowest BCUT2D eigenvalue weighted by Crippen LogP contribution is -2.46. The standard InChI is InChI=1S/C43H74N2O2/c1-3-5-7-8-9-13-18-24-29-39-33-35-43(34-27-21-16-15-20-26-32-42(43)45-38-47)41(40(39)30-23-6-4-2)31-25-19-14-11-10-12-17-22-28-36-44-37-46/h25,31,33,35,39-42H,3-24,26-30,32,34,36H2,1-2H3/b31-25-. The van der Waals surface area contributed by atoms with E-state index in [1.807, 2.05) is 0 Å². The van der Waals surface area contributed by atoms with Crippen molar-refractivity contribution in [3.63, 3.8) is 0 Å². The van der Waals surface area contributed by atoms with Crippen LogP contribution in [-0.4, -0.2) is 24.7 Å². The number of isocyanates is 2. The minimum Gasteiger partial charge on any atom is -0.211 e. The average molecular weight is 651 g/mol. The first-order valence-electron chi connectivity index (χ1n) is 20.7. The zero-order valence-electron chi connectivity index (χ0n) is 31.0. The molecule has 1 fully saturated rings. The van der Waals surface area contributed by atoms with Crippen molar-refractivity contribution in [1.82, 2.24) is 0 Å². The van der Waals surface area contributed by atoms with Crippen LogP contribution in [0, 0.1) is 23.2 Å². The van der Waals surface area contributed by atoms with E-state index in [0.717, 1.165) is 32.1 Å². The van der Waals surface area contributed by atoms with Crippen LogP contribution in [0.15, 0.2) is 34.3 Å². The summed E-state index contributed by atoms with van der Waals surface area (Å²) in [5.41, 5.74) is -0.0498. The Kier molecular flexibility index (Phi) is 24.8. The van der Waals surface area contributed by atoms with E-state index in [1.54, 1.807) is 6.08 Å². The summed E-state index contributed by atoms with van der Waals surface area (Å²) in [6.45, 7) is 5.26. The number of hydrogen-bond donors (Lipinski definition) is 0. The zero-order valence-corrected chi connectivity index (χ0v) is 31.0. The van der Waals surface area contributed by atoms with Crippen LogP contribution in [0.2, 0.25) is 0 Å². The number of rotatable bonds is 25. The summed E-state index contributed by atoms with van der Waals surface area (Å²) in [7, 11) is 0. The molecule has 0 aliphatic heterocycles. The molecule has 268 valence electrons. The fourth-order valence-electron chi connectivity index (χ4n) is 8.76. The van der Waals surface area contributed by atoms with E-state index in [-0.39, 0.29) is 11.5 Å². The normalized spacial score (nSPS) is 25.1. The second-order valence-electron chi connectivity index (χ2n) is 15.1. The summed E-state index contributed by atoms with van der Waals surface area (Å²) in [6, 6.07) is 0.0546. The lowest BCUT2D eigenvalue weighted by atomic mass is 9.55. The zero-order chi connectivity index (χ0) is 33.7. The van der Waals surface area contributed by atoms with Crippen LogP contribution in [-0.2, 0) is 9.59 Å². The predicted octanol–water partition coefficient (Wildman–Crippen LogP) is 13.4. The first-order chi connectivity index (χ1) is 23.2. The molecule has 0 aromatic heterocycles. The van der Waals surface area contributed by atoms with E-state index >= 15 is 0 Å². The highest BCUT2D eigenvalue weighted by atomic mass is 16.1. The van der Waals surface area contributed by atoms with Gasteiger partial charge in [-0.2, -0.15) is 0 Å². The largest absolute Gasteiger partial charge is 0.235 e. The van der Waals surface area contributed by atoms with Gasteiger partial charge in [-0.25, -0.2) is 19.6 Å². The second kappa shape index (κ2) is 28.1. The molecule has 1 saturated carbocycles. The highest BCUT2D eigenvalue weighted by Crippen LogP contribution is 2.53. The summed E-state index contributed by atoms with van der Waals surface area (Å²) in [4.78, 5) is 30.5. The minimum absolute atomic E-state index is 0.0498. The third-order valence-corrected chi connectivity index (χ3v) is 11.5. The van der Waals surface area contributed by atoms with Gasteiger partial charge in [-0.15, -0.1) is 0 Å². The van der Waals surface area contributed by atoms with Crippen molar-refractivity contribution < 1.29 is 9.59 Å². The molecule has 0 aromatic rings. The van der Waals surface area contributed by atoms with Gasteiger partial charge in [0.05, 0.1) is 12.6 Å². The van der Waals surface area contributed by atoms with Crippen molar-refractivity contribution in [3.05, 3.63) is 24.3 Å². The maximum atomic E-state index is 11.9. The summed E-state index contributed by atoms with van der Waals surface area (Å²) in [5, 5.41) is 0. The molecule has 5 unspecified atom stereocenters. The molecule has 0 heterocycles. The van der Waals surface area contributed by atoms with Gasteiger partial charge >= 0.3 is 0 Å². The molecule has 1 spiro atoms. The number of unbranched alkanes of at least 4 members (excludes halogenated alkanes) is 16. The molecule has 2 rings (SSSR count). The van der Waals surface area contributed by atoms with Crippen LogP contribution in [0.4, 0.5) is 0 Å². The molecule has 0 radical (unpaired) electrons. The fraction of sp³-hybridized carbons (Fsp3) is 0.860. The number of allylic oxidation sites excluding steroid dienone is 3. The summed E-state index contributed by atoms with van der Waals surface area (Å²) >= 11 is 0. The molecule has 2 aliphatic carbocycles. The monoisotopic (exact) mass is 651 g/mol. The first kappa shape index (κ1) is 41.4. The quantitative estimate of drug-likeness (QED) is 0.0427. The Morgan fingerprint density at radius 1 is 0.681 bits per heavy atom. The van der Waals surface area contributed by atoms with E-state index in [0.29, 0.717) is 24.3 Å². The van der Waals surface area contributed by atoms with Crippen LogP contribution in [0.5, 0.6) is 0 Å². The molecule has 0 N–H and O–H groups in total. The summed E-state index contributed by atoms with van der Waals surface area (Å²) in [6.07, 6.45) is 51.1. The Labute approximate surface area is 291 Å². The molecule has 47 heavy (non-hydrogen) atoms. The predicted molar refractivity (Wildman–Crippen MR) is 201 cm³/mol. The third-order valence-electron chi connectivity index (χ3n) is 11.5.